The minimum absolute atomic E-state index is 0.541. The number of unbranched alkanes of at least 4 members (excludes halogenated alkanes) is 1. The van der Waals surface area contributed by atoms with E-state index < -0.39 is 0 Å². The Labute approximate surface area is 93.1 Å². The summed E-state index contributed by atoms with van der Waals surface area (Å²) in [5.41, 5.74) is 0. The number of alkyl halides is 2. The first-order valence-corrected chi connectivity index (χ1v) is 6.50. The Morgan fingerprint density at radius 1 is 1.08 bits per heavy atom. The van der Waals surface area contributed by atoms with E-state index in [-0.39, 0.29) is 0 Å². The molecule has 2 unspecified atom stereocenters. The van der Waals surface area contributed by atoms with E-state index in [4.69, 9.17) is 0 Å². The molecule has 0 fully saturated rings. The van der Waals surface area contributed by atoms with Gasteiger partial charge in [-0.25, -0.2) is 0 Å². The van der Waals surface area contributed by atoms with E-state index in [1.807, 2.05) is 0 Å². The van der Waals surface area contributed by atoms with Crippen LogP contribution in [0.2, 0.25) is 0 Å². The summed E-state index contributed by atoms with van der Waals surface area (Å²) in [5.74, 6) is 0. The molecular formula is C10H18Br2. The Hall–Kier alpha value is 0.700. The zero-order valence-electron chi connectivity index (χ0n) is 7.89. The Balaban J connectivity index is 3.52. The maximum Gasteiger partial charge on any atom is 0.0325 e. The monoisotopic (exact) mass is 296 g/mol. The Bertz CT molecular complexity index is 121. The van der Waals surface area contributed by atoms with Crippen molar-refractivity contribution in [2.24, 2.45) is 0 Å². The SMILES string of the molecule is CCCCC(Br)C=CC(Br)CC. The van der Waals surface area contributed by atoms with Crippen molar-refractivity contribution in [2.75, 3.05) is 0 Å². The largest absolute Gasteiger partial charge is 0.0846 e. The number of hydrogen-bond donors (Lipinski definition) is 0. The van der Waals surface area contributed by atoms with Crippen molar-refractivity contribution in [3.8, 4) is 0 Å². The van der Waals surface area contributed by atoms with Crippen molar-refractivity contribution in [2.45, 2.75) is 49.2 Å². The summed E-state index contributed by atoms with van der Waals surface area (Å²) in [6.45, 7) is 4.40. The standard InChI is InChI=1S/C10H18Br2/c1-3-5-6-10(12)8-7-9(11)4-2/h7-10H,3-6H2,1-2H3. The molecule has 0 aliphatic heterocycles. The van der Waals surface area contributed by atoms with Crippen LogP contribution in [-0.4, -0.2) is 9.65 Å². The van der Waals surface area contributed by atoms with Gasteiger partial charge < -0.3 is 0 Å². The van der Waals surface area contributed by atoms with Crippen LogP contribution in [0.4, 0.5) is 0 Å². The van der Waals surface area contributed by atoms with Crippen molar-refractivity contribution in [1.82, 2.24) is 0 Å². The van der Waals surface area contributed by atoms with Gasteiger partial charge in [0.15, 0.2) is 0 Å². The van der Waals surface area contributed by atoms with Crippen LogP contribution in [0.15, 0.2) is 12.2 Å². The van der Waals surface area contributed by atoms with Gasteiger partial charge in [0.05, 0.1) is 0 Å². The van der Waals surface area contributed by atoms with E-state index in [1.54, 1.807) is 0 Å². The predicted octanol–water partition coefficient (Wildman–Crippen LogP) is 4.67. The lowest BCUT2D eigenvalue weighted by molar-refractivity contribution is 0.742. The Kier molecular flexibility index (Phi) is 8.79. The molecule has 12 heavy (non-hydrogen) atoms. The summed E-state index contributed by atoms with van der Waals surface area (Å²) >= 11 is 7.19. The summed E-state index contributed by atoms with van der Waals surface area (Å²) in [4.78, 5) is 1.10. The molecule has 0 radical (unpaired) electrons. The van der Waals surface area contributed by atoms with Gasteiger partial charge in [0.2, 0.25) is 0 Å². The van der Waals surface area contributed by atoms with Gasteiger partial charge in [0.1, 0.15) is 0 Å². The van der Waals surface area contributed by atoms with E-state index >= 15 is 0 Å². The van der Waals surface area contributed by atoms with Crippen LogP contribution in [0.3, 0.4) is 0 Å². The fourth-order valence-corrected chi connectivity index (χ4v) is 1.55. The van der Waals surface area contributed by atoms with Crippen LogP contribution in [0.1, 0.15) is 39.5 Å². The third-order valence-corrected chi connectivity index (χ3v) is 3.47. The predicted molar refractivity (Wildman–Crippen MR) is 64.4 cm³/mol. The lowest BCUT2D eigenvalue weighted by Crippen LogP contribution is -1.95. The van der Waals surface area contributed by atoms with Gasteiger partial charge in [-0.1, -0.05) is 70.7 Å². The molecule has 0 aromatic carbocycles. The second-order valence-corrected chi connectivity index (χ2v) is 5.32. The van der Waals surface area contributed by atoms with Gasteiger partial charge in [-0.2, -0.15) is 0 Å². The summed E-state index contributed by atoms with van der Waals surface area (Å²) < 4.78 is 0. The molecule has 0 rings (SSSR count). The molecule has 0 saturated carbocycles. The zero-order chi connectivity index (χ0) is 9.40. The van der Waals surface area contributed by atoms with Crippen molar-refractivity contribution in [3.05, 3.63) is 12.2 Å². The van der Waals surface area contributed by atoms with Gasteiger partial charge >= 0.3 is 0 Å². The molecule has 0 nitrogen and oxygen atoms in total. The molecule has 0 aliphatic carbocycles. The molecule has 72 valence electrons. The first-order valence-electron chi connectivity index (χ1n) is 4.67. The van der Waals surface area contributed by atoms with Crippen molar-refractivity contribution in [3.63, 3.8) is 0 Å². The molecular weight excluding hydrogens is 280 g/mol. The van der Waals surface area contributed by atoms with Gasteiger partial charge in [0, 0.05) is 9.65 Å². The van der Waals surface area contributed by atoms with E-state index in [9.17, 15) is 0 Å². The number of halogens is 2. The highest BCUT2D eigenvalue weighted by Gasteiger charge is 1.99. The lowest BCUT2D eigenvalue weighted by atomic mass is 10.2. The highest BCUT2D eigenvalue weighted by atomic mass is 79.9. The molecule has 0 aliphatic rings. The van der Waals surface area contributed by atoms with Crippen molar-refractivity contribution < 1.29 is 0 Å². The highest BCUT2D eigenvalue weighted by molar-refractivity contribution is 9.10. The van der Waals surface area contributed by atoms with Gasteiger partial charge in [-0.3, -0.25) is 0 Å². The fourth-order valence-electron chi connectivity index (χ4n) is 0.873. The van der Waals surface area contributed by atoms with Crippen LogP contribution >= 0.6 is 31.9 Å². The van der Waals surface area contributed by atoms with Crippen LogP contribution in [0.5, 0.6) is 0 Å². The van der Waals surface area contributed by atoms with E-state index in [1.165, 1.54) is 19.3 Å². The lowest BCUT2D eigenvalue weighted by Gasteiger charge is -2.03. The summed E-state index contributed by atoms with van der Waals surface area (Å²) in [6.07, 6.45) is 9.47. The number of hydrogen-bond acceptors (Lipinski definition) is 0. The molecule has 0 aromatic rings. The summed E-state index contributed by atoms with van der Waals surface area (Å²) in [5, 5.41) is 0. The zero-order valence-corrected chi connectivity index (χ0v) is 11.1. The average molecular weight is 298 g/mol. The molecule has 0 heterocycles. The molecule has 0 amide bonds. The number of allylic oxidation sites excluding steroid dienone is 2. The first kappa shape index (κ1) is 12.7. The van der Waals surface area contributed by atoms with Gasteiger partial charge in [-0.05, 0) is 12.8 Å². The Morgan fingerprint density at radius 3 is 2.17 bits per heavy atom. The molecule has 0 N–H and O–H groups in total. The Morgan fingerprint density at radius 2 is 1.67 bits per heavy atom. The van der Waals surface area contributed by atoms with Crippen molar-refractivity contribution >= 4 is 31.9 Å². The van der Waals surface area contributed by atoms with Crippen molar-refractivity contribution in [1.29, 1.82) is 0 Å². The van der Waals surface area contributed by atoms with E-state index in [0.717, 1.165) is 6.42 Å². The maximum absolute atomic E-state index is 3.63. The van der Waals surface area contributed by atoms with Crippen LogP contribution in [0.25, 0.3) is 0 Å². The second kappa shape index (κ2) is 8.31. The summed E-state index contributed by atoms with van der Waals surface area (Å²) in [7, 11) is 0. The topological polar surface area (TPSA) is 0 Å². The molecule has 0 saturated heterocycles. The summed E-state index contributed by atoms with van der Waals surface area (Å²) in [6, 6.07) is 0. The first-order chi connectivity index (χ1) is 5.70. The molecule has 2 atom stereocenters. The maximum atomic E-state index is 3.63. The number of rotatable bonds is 6. The van der Waals surface area contributed by atoms with Gasteiger partial charge in [-0.15, -0.1) is 0 Å². The highest BCUT2D eigenvalue weighted by Crippen LogP contribution is 2.13. The second-order valence-electron chi connectivity index (χ2n) is 2.97. The third kappa shape index (κ3) is 7.35. The smallest absolute Gasteiger partial charge is 0.0325 e. The minimum Gasteiger partial charge on any atom is -0.0846 e. The van der Waals surface area contributed by atoms with Crippen LogP contribution in [0, 0.1) is 0 Å². The average Bonchev–Trinajstić information content (AvgIpc) is 2.10. The third-order valence-electron chi connectivity index (χ3n) is 1.75. The van der Waals surface area contributed by atoms with Gasteiger partial charge in [0.25, 0.3) is 0 Å². The normalized spacial score (nSPS) is 16.7. The van der Waals surface area contributed by atoms with Crippen LogP contribution in [-0.2, 0) is 0 Å². The minimum atomic E-state index is 0.541. The molecule has 2 heteroatoms. The quantitative estimate of drug-likeness (QED) is 0.494. The van der Waals surface area contributed by atoms with E-state index in [2.05, 4.69) is 57.9 Å². The van der Waals surface area contributed by atoms with E-state index in [0.29, 0.717) is 9.65 Å². The fraction of sp³-hybridized carbons (Fsp3) is 0.800. The van der Waals surface area contributed by atoms with Crippen LogP contribution < -0.4 is 0 Å². The molecule has 0 bridgehead atoms. The molecule has 0 spiro atoms. The molecule has 0 aromatic heterocycles.